The predicted octanol–water partition coefficient (Wildman–Crippen LogP) is 2.81. The van der Waals surface area contributed by atoms with Crippen molar-refractivity contribution in [3.05, 3.63) is 38.4 Å². The zero-order valence-corrected chi connectivity index (χ0v) is 11.1. The Balaban J connectivity index is 2.19. The van der Waals surface area contributed by atoms with Crippen LogP contribution in [-0.2, 0) is 0 Å². The first-order valence-corrected chi connectivity index (χ1v) is 6.92. The van der Waals surface area contributed by atoms with Crippen LogP contribution in [0, 0.1) is 20.2 Å². The highest BCUT2D eigenvalue weighted by Gasteiger charge is 2.41. The summed E-state index contributed by atoms with van der Waals surface area (Å²) in [6.07, 6.45) is 4.18. The monoisotopic (exact) mass is 283 g/mol. The molecule has 1 aromatic rings. The molecule has 102 valence electrons. The van der Waals surface area contributed by atoms with E-state index in [9.17, 15) is 20.2 Å². The van der Waals surface area contributed by atoms with Crippen LogP contribution in [0.1, 0.15) is 12.8 Å². The molecule has 0 unspecified atom stereocenters. The highest BCUT2D eigenvalue weighted by atomic mass is 32.2. The molecular formula is C11H13N3O4S. The molecule has 1 N–H and O–H groups in total. The molecule has 1 aliphatic rings. The fourth-order valence-corrected chi connectivity index (χ4v) is 2.51. The summed E-state index contributed by atoms with van der Waals surface area (Å²) in [6, 6.07) is 3.65. The molecule has 0 spiro atoms. The summed E-state index contributed by atoms with van der Waals surface area (Å²) in [5.74, 6) is 0. The highest BCUT2D eigenvalue weighted by Crippen LogP contribution is 2.47. The number of anilines is 1. The summed E-state index contributed by atoms with van der Waals surface area (Å²) < 4.78 is 0.162. The van der Waals surface area contributed by atoms with Crippen LogP contribution in [0.2, 0.25) is 0 Å². The number of nitrogens with zero attached hydrogens (tertiary/aromatic N) is 2. The average molecular weight is 283 g/mol. The van der Waals surface area contributed by atoms with Crippen LogP contribution in [0.4, 0.5) is 17.1 Å². The van der Waals surface area contributed by atoms with Gasteiger partial charge in [0.1, 0.15) is 5.69 Å². The van der Waals surface area contributed by atoms with Gasteiger partial charge in [0, 0.05) is 17.4 Å². The van der Waals surface area contributed by atoms with E-state index >= 15 is 0 Å². The summed E-state index contributed by atoms with van der Waals surface area (Å²) in [6.45, 7) is 0.632. The maximum Gasteiger partial charge on any atom is 0.299 e. The van der Waals surface area contributed by atoms with E-state index in [2.05, 4.69) is 5.32 Å². The van der Waals surface area contributed by atoms with Crippen molar-refractivity contribution in [2.75, 3.05) is 18.1 Å². The Hall–Kier alpha value is -1.83. The highest BCUT2D eigenvalue weighted by molar-refractivity contribution is 8.00. The Labute approximate surface area is 113 Å². The van der Waals surface area contributed by atoms with Crippen LogP contribution in [0.25, 0.3) is 0 Å². The van der Waals surface area contributed by atoms with Crippen LogP contribution in [0.15, 0.2) is 18.2 Å². The molecule has 0 amide bonds. The van der Waals surface area contributed by atoms with Crippen LogP contribution in [-0.4, -0.2) is 27.4 Å². The maximum absolute atomic E-state index is 10.9. The Morgan fingerprint density at radius 3 is 2.47 bits per heavy atom. The summed E-state index contributed by atoms with van der Waals surface area (Å²) >= 11 is 1.74. The van der Waals surface area contributed by atoms with Gasteiger partial charge in [0.25, 0.3) is 11.4 Å². The molecule has 7 nitrogen and oxygen atoms in total. The zero-order valence-electron chi connectivity index (χ0n) is 10.3. The van der Waals surface area contributed by atoms with Crippen LogP contribution >= 0.6 is 11.8 Å². The largest absolute Gasteiger partial charge is 0.378 e. The van der Waals surface area contributed by atoms with E-state index in [1.165, 1.54) is 12.1 Å². The van der Waals surface area contributed by atoms with Gasteiger partial charge in [-0.2, -0.15) is 11.8 Å². The lowest BCUT2D eigenvalue weighted by atomic mass is 10.2. The fraction of sp³-hybridized carbons (Fsp3) is 0.455. The third-order valence-corrected chi connectivity index (χ3v) is 4.65. The second-order valence-electron chi connectivity index (χ2n) is 4.46. The van der Waals surface area contributed by atoms with E-state index < -0.39 is 9.85 Å². The molecule has 0 heterocycles. The smallest absolute Gasteiger partial charge is 0.299 e. The zero-order chi connectivity index (χ0) is 14.0. The van der Waals surface area contributed by atoms with Gasteiger partial charge in [0.05, 0.1) is 15.9 Å². The molecule has 1 aliphatic carbocycles. The minimum absolute atomic E-state index is 0.162. The molecule has 0 aromatic heterocycles. The molecule has 1 fully saturated rings. The lowest BCUT2D eigenvalue weighted by Crippen LogP contribution is -2.18. The third kappa shape index (κ3) is 2.95. The molecule has 0 aliphatic heterocycles. The first-order valence-electron chi connectivity index (χ1n) is 5.69. The first kappa shape index (κ1) is 13.6. The molecule has 2 rings (SSSR count). The maximum atomic E-state index is 10.9. The van der Waals surface area contributed by atoms with Gasteiger partial charge < -0.3 is 5.32 Å². The first-order chi connectivity index (χ1) is 8.97. The lowest BCUT2D eigenvalue weighted by molar-refractivity contribution is -0.393. The van der Waals surface area contributed by atoms with E-state index in [1.807, 2.05) is 6.26 Å². The summed E-state index contributed by atoms with van der Waals surface area (Å²) in [5.41, 5.74) is -0.203. The standard InChI is InChI=1S/C11H13N3O4S/c1-19-11(4-5-11)7-12-9-3-2-8(13(15)16)6-10(9)14(17)18/h2-3,6,12H,4-5,7H2,1H3. The van der Waals surface area contributed by atoms with Crippen molar-refractivity contribution in [3.8, 4) is 0 Å². The van der Waals surface area contributed by atoms with Gasteiger partial charge in [-0.05, 0) is 25.2 Å². The minimum Gasteiger partial charge on any atom is -0.378 e. The number of non-ortho nitro benzene ring substituents is 1. The minimum atomic E-state index is -0.638. The van der Waals surface area contributed by atoms with Crippen molar-refractivity contribution in [2.24, 2.45) is 0 Å². The van der Waals surface area contributed by atoms with Crippen molar-refractivity contribution in [3.63, 3.8) is 0 Å². The normalized spacial score (nSPS) is 15.8. The third-order valence-electron chi connectivity index (χ3n) is 3.23. The van der Waals surface area contributed by atoms with Gasteiger partial charge >= 0.3 is 0 Å². The van der Waals surface area contributed by atoms with Crippen molar-refractivity contribution < 1.29 is 9.85 Å². The second kappa shape index (κ2) is 5.04. The molecule has 19 heavy (non-hydrogen) atoms. The second-order valence-corrected chi connectivity index (χ2v) is 5.73. The van der Waals surface area contributed by atoms with Gasteiger partial charge in [0.15, 0.2) is 0 Å². The number of nitrogens with one attached hydrogen (secondary N) is 1. The van der Waals surface area contributed by atoms with E-state index in [1.54, 1.807) is 11.8 Å². The summed E-state index contributed by atoms with van der Waals surface area (Å²) in [5, 5.41) is 24.6. The fourth-order valence-electron chi connectivity index (χ4n) is 1.78. The number of thioether (sulfide) groups is 1. The summed E-state index contributed by atoms with van der Waals surface area (Å²) in [7, 11) is 0. The molecule has 0 radical (unpaired) electrons. The van der Waals surface area contributed by atoms with Crippen molar-refractivity contribution in [1.29, 1.82) is 0 Å². The molecule has 0 bridgehead atoms. The predicted molar refractivity (Wildman–Crippen MR) is 73.7 cm³/mol. The SMILES string of the molecule is CSC1(CNc2ccc([N+](=O)[O-])cc2[N+](=O)[O-])CC1. The van der Waals surface area contributed by atoms with Crippen molar-refractivity contribution in [1.82, 2.24) is 0 Å². The molecule has 0 atom stereocenters. The van der Waals surface area contributed by atoms with Crippen LogP contribution in [0.3, 0.4) is 0 Å². The Morgan fingerprint density at radius 2 is 2.00 bits per heavy atom. The molecule has 1 aromatic carbocycles. The van der Waals surface area contributed by atoms with Crippen molar-refractivity contribution in [2.45, 2.75) is 17.6 Å². The topological polar surface area (TPSA) is 98.3 Å². The summed E-state index contributed by atoms with van der Waals surface area (Å²) in [4.78, 5) is 20.3. The number of rotatable bonds is 6. The van der Waals surface area contributed by atoms with Gasteiger partial charge in [-0.15, -0.1) is 0 Å². The van der Waals surface area contributed by atoms with E-state index in [4.69, 9.17) is 0 Å². The van der Waals surface area contributed by atoms with E-state index in [0.29, 0.717) is 12.2 Å². The lowest BCUT2D eigenvalue weighted by Gasteiger charge is -2.14. The molecule has 8 heteroatoms. The van der Waals surface area contributed by atoms with Crippen LogP contribution < -0.4 is 5.32 Å². The van der Waals surface area contributed by atoms with Gasteiger partial charge in [0.2, 0.25) is 0 Å². The number of nitro groups is 2. The Kier molecular flexibility index (Phi) is 3.61. The van der Waals surface area contributed by atoms with Gasteiger partial charge in [-0.25, -0.2) is 0 Å². The average Bonchev–Trinajstić information content (AvgIpc) is 3.16. The van der Waals surface area contributed by atoms with E-state index in [0.717, 1.165) is 18.9 Å². The molecule has 0 saturated heterocycles. The van der Waals surface area contributed by atoms with E-state index in [-0.39, 0.29) is 16.1 Å². The van der Waals surface area contributed by atoms with Gasteiger partial charge in [-0.3, -0.25) is 20.2 Å². The molecular weight excluding hydrogens is 270 g/mol. The number of hydrogen-bond acceptors (Lipinski definition) is 6. The number of hydrogen-bond donors (Lipinski definition) is 1. The molecule has 1 saturated carbocycles. The Bertz CT molecular complexity index is 531. The van der Waals surface area contributed by atoms with Crippen molar-refractivity contribution >= 4 is 28.8 Å². The quantitative estimate of drug-likeness (QED) is 0.636. The van der Waals surface area contributed by atoms with Gasteiger partial charge in [-0.1, -0.05) is 0 Å². The van der Waals surface area contributed by atoms with Crippen LogP contribution in [0.5, 0.6) is 0 Å². The number of benzene rings is 1. The Morgan fingerprint density at radius 1 is 1.32 bits per heavy atom. The number of nitro benzene ring substituents is 2.